The van der Waals surface area contributed by atoms with Crippen molar-refractivity contribution in [2.24, 2.45) is 0 Å². The smallest absolute Gasteiger partial charge is 0.306 e. The van der Waals surface area contributed by atoms with E-state index in [9.17, 15) is 9.18 Å². The van der Waals surface area contributed by atoms with Gasteiger partial charge in [0.1, 0.15) is 10.9 Å². The van der Waals surface area contributed by atoms with Crippen LogP contribution in [-0.2, 0) is 4.79 Å². The van der Waals surface area contributed by atoms with Gasteiger partial charge in [-0.2, -0.15) is 0 Å². The summed E-state index contributed by atoms with van der Waals surface area (Å²) in [7, 11) is 0. The largest absolute Gasteiger partial charge is 0.493 e. The van der Waals surface area contributed by atoms with Crippen LogP contribution in [-0.4, -0.2) is 22.7 Å². The topological polar surface area (TPSA) is 71.5 Å². The molecule has 0 spiro atoms. The SMILES string of the molecule is O=C(O)CCOc1ccc(Nc2cc(Cl)ncc2F)cc1. The summed E-state index contributed by atoms with van der Waals surface area (Å²) in [4.78, 5) is 14.0. The van der Waals surface area contributed by atoms with Crippen molar-refractivity contribution in [3.05, 3.63) is 47.5 Å². The molecule has 5 nitrogen and oxygen atoms in total. The van der Waals surface area contributed by atoms with Crippen LogP contribution in [0.2, 0.25) is 5.15 Å². The quantitative estimate of drug-likeness (QED) is 0.799. The summed E-state index contributed by atoms with van der Waals surface area (Å²) in [5.41, 5.74) is 0.858. The van der Waals surface area contributed by atoms with Crippen LogP contribution in [0.3, 0.4) is 0 Å². The Bertz CT molecular complexity index is 635. The number of ether oxygens (including phenoxy) is 1. The van der Waals surface area contributed by atoms with E-state index in [2.05, 4.69) is 10.3 Å². The number of halogens is 2. The first kappa shape index (κ1) is 15.1. The molecule has 21 heavy (non-hydrogen) atoms. The van der Waals surface area contributed by atoms with Crippen LogP contribution >= 0.6 is 11.6 Å². The number of pyridine rings is 1. The van der Waals surface area contributed by atoms with Gasteiger partial charge in [-0.1, -0.05) is 11.6 Å². The monoisotopic (exact) mass is 310 g/mol. The molecule has 2 rings (SSSR count). The van der Waals surface area contributed by atoms with Gasteiger partial charge in [0.2, 0.25) is 0 Å². The zero-order chi connectivity index (χ0) is 15.2. The minimum absolute atomic E-state index is 0.0687. The van der Waals surface area contributed by atoms with Crippen molar-refractivity contribution in [1.29, 1.82) is 0 Å². The maximum atomic E-state index is 13.5. The van der Waals surface area contributed by atoms with E-state index in [4.69, 9.17) is 21.4 Å². The van der Waals surface area contributed by atoms with E-state index in [-0.39, 0.29) is 23.9 Å². The highest BCUT2D eigenvalue weighted by molar-refractivity contribution is 6.29. The average molecular weight is 311 g/mol. The van der Waals surface area contributed by atoms with Crippen LogP contribution in [0.25, 0.3) is 0 Å². The molecule has 0 atom stereocenters. The van der Waals surface area contributed by atoms with Crippen molar-refractivity contribution in [3.8, 4) is 5.75 Å². The highest BCUT2D eigenvalue weighted by Gasteiger charge is 2.05. The Morgan fingerprint density at radius 2 is 2.10 bits per heavy atom. The molecule has 1 aromatic carbocycles. The number of carboxylic acids is 1. The van der Waals surface area contributed by atoms with Crippen molar-refractivity contribution in [2.75, 3.05) is 11.9 Å². The molecule has 0 unspecified atom stereocenters. The zero-order valence-electron chi connectivity index (χ0n) is 10.8. The van der Waals surface area contributed by atoms with E-state index in [1.54, 1.807) is 24.3 Å². The van der Waals surface area contributed by atoms with Gasteiger partial charge >= 0.3 is 5.97 Å². The van der Waals surface area contributed by atoms with Crippen LogP contribution in [0, 0.1) is 5.82 Å². The number of aromatic nitrogens is 1. The zero-order valence-corrected chi connectivity index (χ0v) is 11.6. The number of carboxylic acid groups (broad SMARTS) is 1. The molecule has 0 bridgehead atoms. The predicted octanol–water partition coefficient (Wildman–Crippen LogP) is 3.47. The fourth-order valence-corrected chi connectivity index (χ4v) is 1.71. The third-order valence-electron chi connectivity index (χ3n) is 2.54. The van der Waals surface area contributed by atoms with Crippen LogP contribution in [0.4, 0.5) is 15.8 Å². The molecule has 2 N–H and O–H groups in total. The number of nitrogens with one attached hydrogen (secondary N) is 1. The normalized spacial score (nSPS) is 10.2. The van der Waals surface area contributed by atoms with E-state index in [0.29, 0.717) is 11.4 Å². The van der Waals surface area contributed by atoms with E-state index in [1.807, 2.05) is 0 Å². The van der Waals surface area contributed by atoms with Crippen molar-refractivity contribution in [2.45, 2.75) is 6.42 Å². The minimum Gasteiger partial charge on any atom is -0.493 e. The Labute approximate surface area is 125 Å². The van der Waals surface area contributed by atoms with Crippen molar-refractivity contribution in [1.82, 2.24) is 4.98 Å². The number of carbonyl (C=O) groups is 1. The number of hydrogen-bond donors (Lipinski definition) is 2. The first-order valence-corrected chi connectivity index (χ1v) is 6.45. The van der Waals surface area contributed by atoms with Gasteiger partial charge in [-0.05, 0) is 24.3 Å². The van der Waals surface area contributed by atoms with Gasteiger partial charge in [-0.3, -0.25) is 4.79 Å². The molecule has 110 valence electrons. The molecule has 0 aliphatic heterocycles. The third kappa shape index (κ3) is 4.61. The molecular weight excluding hydrogens is 299 g/mol. The predicted molar refractivity (Wildman–Crippen MR) is 76.7 cm³/mol. The van der Waals surface area contributed by atoms with Gasteiger partial charge in [0.05, 0.1) is 24.9 Å². The second-order valence-electron chi connectivity index (χ2n) is 4.13. The van der Waals surface area contributed by atoms with E-state index >= 15 is 0 Å². The molecule has 1 heterocycles. The Morgan fingerprint density at radius 3 is 2.76 bits per heavy atom. The van der Waals surface area contributed by atoms with Crippen molar-refractivity contribution in [3.63, 3.8) is 0 Å². The van der Waals surface area contributed by atoms with Gasteiger partial charge in [0.25, 0.3) is 0 Å². The average Bonchev–Trinajstić information content (AvgIpc) is 2.44. The highest BCUT2D eigenvalue weighted by Crippen LogP contribution is 2.23. The van der Waals surface area contributed by atoms with Gasteiger partial charge in [0.15, 0.2) is 5.82 Å². The Morgan fingerprint density at radius 1 is 1.38 bits per heavy atom. The Kier molecular flexibility index (Phi) is 4.94. The molecule has 7 heteroatoms. The summed E-state index contributed by atoms with van der Waals surface area (Å²) in [6.07, 6.45) is 0.967. The molecule has 0 saturated heterocycles. The number of nitrogens with zero attached hydrogens (tertiary/aromatic N) is 1. The standard InChI is InChI=1S/C14H12ClFN2O3/c15-13-7-12(11(16)8-17-13)18-9-1-3-10(4-2-9)21-6-5-14(19)20/h1-4,7-8H,5-6H2,(H,17,18)(H,19,20). The summed E-state index contributed by atoms with van der Waals surface area (Å²) >= 11 is 5.71. The maximum absolute atomic E-state index is 13.5. The molecule has 0 aliphatic carbocycles. The lowest BCUT2D eigenvalue weighted by molar-refractivity contribution is -0.137. The number of benzene rings is 1. The Balaban J connectivity index is 1.99. The van der Waals surface area contributed by atoms with Crippen LogP contribution in [0.5, 0.6) is 5.75 Å². The lowest BCUT2D eigenvalue weighted by Gasteiger charge is -2.09. The third-order valence-corrected chi connectivity index (χ3v) is 2.75. The maximum Gasteiger partial charge on any atom is 0.306 e. The number of rotatable bonds is 6. The summed E-state index contributed by atoms with van der Waals surface area (Å²) in [5, 5.41) is 11.6. The second kappa shape index (κ2) is 6.90. The Hall–Kier alpha value is -2.34. The second-order valence-corrected chi connectivity index (χ2v) is 4.52. The summed E-state index contributed by atoms with van der Waals surface area (Å²) in [6, 6.07) is 8.07. The van der Waals surface area contributed by atoms with Crippen LogP contribution in [0.1, 0.15) is 6.42 Å². The number of hydrogen-bond acceptors (Lipinski definition) is 4. The van der Waals surface area contributed by atoms with Crippen LogP contribution < -0.4 is 10.1 Å². The molecule has 2 aromatic rings. The van der Waals surface area contributed by atoms with Gasteiger partial charge in [-0.15, -0.1) is 0 Å². The summed E-state index contributed by atoms with van der Waals surface area (Å²) < 4.78 is 18.8. The molecule has 0 radical (unpaired) electrons. The number of aliphatic carboxylic acids is 1. The number of anilines is 2. The van der Waals surface area contributed by atoms with Crippen LogP contribution in [0.15, 0.2) is 36.5 Å². The van der Waals surface area contributed by atoms with E-state index in [1.165, 1.54) is 6.07 Å². The summed E-state index contributed by atoms with van der Waals surface area (Å²) in [6.45, 7) is 0.0939. The lowest BCUT2D eigenvalue weighted by atomic mass is 10.3. The molecule has 0 amide bonds. The first-order valence-electron chi connectivity index (χ1n) is 6.07. The molecule has 1 aromatic heterocycles. The van der Waals surface area contributed by atoms with Gasteiger partial charge in [0, 0.05) is 11.8 Å². The van der Waals surface area contributed by atoms with Crippen molar-refractivity contribution < 1.29 is 19.0 Å². The lowest BCUT2D eigenvalue weighted by Crippen LogP contribution is -2.04. The van der Waals surface area contributed by atoms with Gasteiger partial charge in [-0.25, -0.2) is 9.37 Å². The fraction of sp³-hybridized carbons (Fsp3) is 0.143. The molecule has 0 saturated carbocycles. The molecular formula is C14H12ClFN2O3. The van der Waals surface area contributed by atoms with E-state index in [0.717, 1.165) is 6.20 Å². The van der Waals surface area contributed by atoms with E-state index < -0.39 is 11.8 Å². The highest BCUT2D eigenvalue weighted by atomic mass is 35.5. The summed E-state index contributed by atoms with van der Waals surface area (Å²) in [5.74, 6) is -0.894. The molecule has 0 aliphatic rings. The van der Waals surface area contributed by atoms with Gasteiger partial charge < -0.3 is 15.2 Å². The van der Waals surface area contributed by atoms with Crippen molar-refractivity contribution >= 4 is 28.9 Å². The first-order chi connectivity index (χ1) is 10.0. The molecule has 0 fully saturated rings. The minimum atomic E-state index is -0.918. The fourth-order valence-electron chi connectivity index (χ4n) is 1.56.